The van der Waals surface area contributed by atoms with Crippen LogP contribution in [0.3, 0.4) is 0 Å². The van der Waals surface area contributed by atoms with Crippen molar-refractivity contribution in [3.8, 4) is 0 Å². The Morgan fingerprint density at radius 2 is 2.14 bits per heavy atom. The summed E-state index contributed by atoms with van der Waals surface area (Å²) in [4.78, 5) is 29.6. The molecule has 3 aromatic heterocycles. The molecule has 0 aliphatic carbocycles. The summed E-state index contributed by atoms with van der Waals surface area (Å²) in [6.07, 6.45) is 1.42. The molecule has 22 heavy (non-hydrogen) atoms. The molecule has 3 heterocycles. The molecule has 3 rings (SSSR count). The van der Waals surface area contributed by atoms with Crippen LogP contribution in [-0.4, -0.2) is 15.6 Å². The molecule has 0 bridgehead atoms. The monoisotopic (exact) mass is 335 g/mol. The lowest BCUT2D eigenvalue weighted by atomic mass is 10.2. The maximum Gasteiger partial charge on any atom is 0.282 e. The van der Waals surface area contributed by atoms with Gasteiger partial charge in [-0.25, -0.2) is 0 Å². The summed E-state index contributed by atoms with van der Waals surface area (Å²) in [5.41, 5.74) is 3.44. The predicted octanol–water partition coefficient (Wildman–Crippen LogP) is 3.02. The number of aromatic nitrogens is 2. The fraction of sp³-hybridized carbons (Fsp3) is 0.214. The summed E-state index contributed by atoms with van der Waals surface area (Å²) in [5.74, 6) is 0.0286. The van der Waals surface area contributed by atoms with Crippen LogP contribution in [0.2, 0.25) is 0 Å². The molecule has 8 heteroatoms. The van der Waals surface area contributed by atoms with Crippen molar-refractivity contribution in [2.45, 2.75) is 20.8 Å². The molecule has 0 aromatic carbocycles. The highest BCUT2D eigenvalue weighted by atomic mass is 32.1. The molecular formula is C14H13N3O3S2. The van der Waals surface area contributed by atoms with Gasteiger partial charge in [-0.3, -0.25) is 15.0 Å². The van der Waals surface area contributed by atoms with Crippen molar-refractivity contribution in [1.82, 2.24) is 9.66 Å². The molecule has 0 spiro atoms. The molecule has 0 unspecified atom stereocenters. The number of furan rings is 1. The Kier molecular flexibility index (Phi) is 3.50. The Hall–Kier alpha value is -2.19. The maximum atomic E-state index is 12.6. The maximum absolute atomic E-state index is 12.6. The van der Waals surface area contributed by atoms with Crippen molar-refractivity contribution < 1.29 is 9.21 Å². The Balaban J connectivity index is 2.14. The molecule has 114 valence electrons. The Bertz CT molecular complexity index is 1010. The zero-order valence-corrected chi connectivity index (χ0v) is 13.8. The van der Waals surface area contributed by atoms with Gasteiger partial charge in [0.25, 0.3) is 11.5 Å². The summed E-state index contributed by atoms with van der Waals surface area (Å²) in [6.45, 7) is 5.49. The van der Waals surface area contributed by atoms with Gasteiger partial charge in [0.05, 0.1) is 17.2 Å². The zero-order valence-electron chi connectivity index (χ0n) is 12.1. The lowest BCUT2D eigenvalue weighted by Gasteiger charge is -2.08. The fourth-order valence-corrected chi connectivity index (χ4v) is 3.56. The van der Waals surface area contributed by atoms with E-state index < -0.39 is 5.91 Å². The lowest BCUT2D eigenvalue weighted by molar-refractivity contribution is 0.100. The molecule has 0 atom stereocenters. The van der Waals surface area contributed by atoms with Gasteiger partial charge in [-0.05, 0) is 44.6 Å². The first-order chi connectivity index (χ1) is 10.4. The number of carbonyl (C=O) groups is 1. The molecule has 0 radical (unpaired) electrons. The lowest BCUT2D eigenvalue weighted by Crippen LogP contribution is -2.34. The highest BCUT2D eigenvalue weighted by molar-refractivity contribution is 7.71. The van der Waals surface area contributed by atoms with E-state index in [4.69, 9.17) is 16.6 Å². The Labute approximate surface area is 134 Å². The number of nitrogens with zero attached hydrogens (tertiary/aromatic N) is 1. The zero-order chi connectivity index (χ0) is 16.0. The standard InChI is InChI=1S/C14H13N3O3S2/c1-6-8(3)22-12-10(6)13(19)17(14(21)15-12)16-11(18)9-4-5-20-7(9)2/h4-5H,1-3H3,(H,15,21)(H,16,18). The van der Waals surface area contributed by atoms with Crippen LogP contribution in [0.4, 0.5) is 0 Å². The third-order valence-corrected chi connectivity index (χ3v) is 4.95. The van der Waals surface area contributed by atoms with Crippen molar-refractivity contribution >= 4 is 39.7 Å². The van der Waals surface area contributed by atoms with E-state index in [1.54, 1.807) is 13.0 Å². The van der Waals surface area contributed by atoms with E-state index in [1.807, 2.05) is 13.8 Å². The second-order valence-corrected chi connectivity index (χ2v) is 6.50. The largest absolute Gasteiger partial charge is 0.469 e. The topological polar surface area (TPSA) is 80.0 Å². The van der Waals surface area contributed by atoms with Crippen molar-refractivity contribution in [3.05, 3.63) is 49.2 Å². The third kappa shape index (κ3) is 2.20. The predicted molar refractivity (Wildman–Crippen MR) is 87.9 cm³/mol. The second-order valence-electron chi connectivity index (χ2n) is 4.89. The quantitative estimate of drug-likeness (QED) is 0.706. The average Bonchev–Trinajstić information content (AvgIpc) is 2.99. The van der Waals surface area contributed by atoms with Crippen LogP contribution in [0.1, 0.15) is 26.6 Å². The van der Waals surface area contributed by atoms with Gasteiger partial charge in [-0.15, -0.1) is 11.3 Å². The number of aryl methyl sites for hydroxylation is 3. The number of nitrogens with one attached hydrogen (secondary N) is 2. The van der Waals surface area contributed by atoms with E-state index in [2.05, 4.69) is 10.4 Å². The van der Waals surface area contributed by atoms with Crippen molar-refractivity contribution in [2.24, 2.45) is 0 Å². The Morgan fingerprint density at radius 3 is 2.77 bits per heavy atom. The van der Waals surface area contributed by atoms with Crippen molar-refractivity contribution in [1.29, 1.82) is 0 Å². The van der Waals surface area contributed by atoms with Gasteiger partial charge in [-0.1, -0.05) is 0 Å². The van der Waals surface area contributed by atoms with Gasteiger partial charge >= 0.3 is 0 Å². The number of hydrogen-bond donors (Lipinski definition) is 2. The molecule has 3 aromatic rings. The molecule has 0 saturated heterocycles. The molecule has 0 saturated carbocycles. The molecule has 2 N–H and O–H groups in total. The van der Waals surface area contributed by atoms with Crippen LogP contribution in [-0.2, 0) is 0 Å². The van der Waals surface area contributed by atoms with Gasteiger partial charge in [0, 0.05) is 4.88 Å². The highest BCUT2D eigenvalue weighted by Gasteiger charge is 2.16. The highest BCUT2D eigenvalue weighted by Crippen LogP contribution is 2.25. The van der Waals surface area contributed by atoms with Gasteiger partial charge in [0.1, 0.15) is 10.6 Å². The molecule has 0 aliphatic rings. The summed E-state index contributed by atoms with van der Waals surface area (Å²) >= 11 is 6.65. The molecule has 0 aliphatic heterocycles. The number of H-pyrrole nitrogens is 1. The first-order valence-corrected chi connectivity index (χ1v) is 7.73. The van der Waals surface area contributed by atoms with E-state index in [1.165, 1.54) is 17.6 Å². The normalized spacial score (nSPS) is 11.0. The average molecular weight is 335 g/mol. The van der Waals surface area contributed by atoms with E-state index in [0.29, 0.717) is 16.7 Å². The molecule has 0 fully saturated rings. The van der Waals surface area contributed by atoms with E-state index in [-0.39, 0.29) is 10.3 Å². The third-order valence-electron chi connectivity index (χ3n) is 3.54. The summed E-state index contributed by atoms with van der Waals surface area (Å²) in [6, 6.07) is 1.54. The van der Waals surface area contributed by atoms with Crippen LogP contribution in [0.15, 0.2) is 21.5 Å². The van der Waals surface area contributed by atoms with Crippen LogP contribution >= 0.6 is 23.6 Å². The first-order valence-electron chi connectivity index (χ1n) is 6.50. The minimum Gasteiger partial charge on any atom is -0.469 e. The number of hydrogen-bond acceptors (Lipinski definition) is 5. The molecular weight excluding hydrogens is 322 g/mol. The summed E-state index contributed by atoms with van der Waals surface area (Å²) < 4.78 is 6.30. The smallest absolute Gasteiger partial charge is 0.282 e. The van der Waals surface area contributed by atoms with Crippen LogP contribution in [0, 0.1) is 25.5 Å². The van der Waals surface area contributed by atoms with Gasteiger partial charge in [0.15, 0.2) is 0 Å². The minimum absolute atomic E-state index is 0.147. The van der Waals surface area contributed by atoms with Crippen LogP contribution < -0.4 is 11.0 Å². The number of thiophene rings is 1. The minimum atomic E-state index is -0.447. The summed E-state index contributed by atoms with van der Waals surface area (Å²) in [5, 5.41) is 0.542. The van der Waals surface area contributed by atoms with Crippen molar-refractivity contribution in [2.75, 3.05) is 5.43 Å². The fourth-order valence-electron chi connectivity index (χ4n) is 2.21. The summed E-state index contributed by atoms with van der Waals surface area (Å²) in [7, 11) is 0. The van der Waals surface area contributed by atoms with Crippen LogP contribution in [0.5, 0.6) is 0 Å². The van der Waals surface area contributed by atoms with Gasteiger partial charge < -0.3 is 9.40 Å². The Morgan fingerprint density at radius 1 is 1.41 bits per heavy atom. The van der Waals surface area contributed by atoms with Gasteiger partial charge in [0.2, 0.25) is 4.77 Å². The number of rotatable bonds is 2. The molecule has 6 nitrogen and oxygen atoms in total. The molecule has 1 amide bonds. The first kappa shape index (κ1) is 14.7. The van der Waals surface area contributed by atoms with E-state index >= 15 is 0 Å². The van der Waals surface area contributed by atoms with E-state index in [0.717, 1.165) is 19.9 Å². The number of carbonyl (C=O) groups excluding carboxylic acids is 1. The number of fused-ring (bicyclic) bond motifs is 1. The van der Waals surface area contributed by atoms with Crippen LogP contribution in [0.25, 0.3) is 10.2 Å². The SMILES string of the molecule is Cc1occc1C(=O)Nn1c(=S)[nH]c2sc(C)c(C)c2c1=O. The second kappa shape index (κ2) is 5.22. The number of amides is 1. The van der Waals surface area contributed by atoms with Crippen molar-refractivity contribution in [3.63, 3.8) is 0 Å². The van der Waals surface area contributed by atoms with Gasteiger partial charge in [-0.2, -0.15) is 4.68 Å². The van der Waals surface area contributed by atoms with E-state index in [9.17, 15) is 9.59 Å². The number of aromatic amines is 1.